The fourth-order valence-corrected chi connectivity index (χ4v) is 2.00. The third kappa shape index (κ3) is 4.29. The van der Waals surface area contributed by atoms with Crippen molar-refractivity contribution in [3.63, 3.8) is 0 Å². The van der Waals surface area contributed by atoms with Gasteiger partial charge in [0.25, 0.3) is 0 Å². The lowest BCUT2D eigenvalue weighted by Gasteiger charge is -2.18. The molecule has 2 atom stereocenters. The van der Waals surface area contributed by atoms with Gasteiger partial charge in [-0.15, -0.1) is 0 Å². The van der Waals surface area contributed by atoms with Gasteiger partial charge in [0, 0.05) is 17.3 Å². The minimum absolute atomic E-state index is 0.0507. The molecule has 1 fully saturated rings. The first-order valence-corrected chi connectivity index (χ1v) is 7.48. The molecule has 1 aromatic rings. The van der Waals surface area contributed by atoms with E-state index < -0.39 is 6.04 Å². The Kier molecular flexibility index (Phi) is 4.96. The molecule has 2 amide bonds. The average molecular weight is 289 g/mol. The van der Waals surface area contributed by atoms with Crippen molar-refractivity contribution in [3.8, 4) is 0 Å². The Morgan fingerprint density at radius 1 is 1.29 bits per heavy atom. The minimum atomic E-state index is -0.528. The van der Waals surface area contributed by atoms with Crippen molar-refractivity contribution in [3.05, 3.63) is 24.3 Å². The van der Waals surface area contributed by atoms with Crippen LogP contribution in [0.5, 0.6) is 0 Å². The number of benzene rings is 1. The van der Waals surface area contributed by atoms with Gasteiger partial charge < -0.3 is 16.4 Å². The van der Waals surface area contributed by atoms with E-state index in [0.29, 0.717) is 11.4 Å². The molecule has 1 aliphatic rings. The number of amides is 2. The Hall–Kier alpha value is -1.88. The third-order valence-corrected chi connectivity index (χ3v) is 3.91. The van der Waals surface area contributed by atoms with Gasteiger partial charge in [-0.25, -0.2) is 0 Å². The lowest BCUT2D eigenvalue weighted by molar-refractivity contribution is -0.118. The summed E-state index contributed by atoms with van der Waals surface area (Å²) in [5.74, 6) is 0.134. The van der Waals surface area contributed by atoms with E-state index in [1.807, 2.05) is 19.9 Å². The van der Waals surface area contributed by atoms with Crippen LogP contribution in [-0.2, 0) is 9.59 Å². The summed E-state index contributed by atoms with van der Waals surface area (Å²) in [4.78, 5) is 23.8. The molecule has 1 aliphatic carbocycles. The van der Waals surface area contributed by atoms with Crippen LogP contribution in [-0.4, -0.2) is 17.9 Å². The number of nitrogens with one attached hydrogen (secondary N) is 2. The maximum atomic E-state index is 12.0. The Morgan fingerprint density at radius 2 is 1.90 bits per heavy atom. The largest absolute Gasteiger partial charge is 0.326 e. The summed E-state index contributed by atoms with van der Waals surface area (Å²) in [6, 6.07) is 6.62. The first kappa shape index (κ1) is 15.5. The van der Waals surface area contributed by atoms with Gasteiger partial charge in [0.15, 0.2) is 0 Å². The summed E-state index contributed by atoms with van der Waals surface area (Å²) in [5, 5.41) is 5.66. The van der Waals surface area contributed by atoms with E-state index in [-0.39, 0.29) is 23.7 Å². The number of carbonyl (C=O) groups excluding carboxylic acids is 2. The molecule has 5 heteroatoms. The molecule has 1 saturated carbocycles. The fraction of sp³-hybridized carbons (Fsp3) is 0.500. The van der Waals surface area contributed by atoms with E-state index in [9.17, 15) is 9.59 Å². The van der Waals surface area contributed by atoms with Crippen LogP contribution in [0.4, 0.5) is 11.4 Å². The highest BCUT2D eigenvalue weighted by Gasteiger charge is 2.29. The van der Waals surface area contributed by atoms with Crippen molar-refractivity contribution in [1.29, 1.82) is 0 Å². The molecule has 0 unspecified atom stereocenters. The zero-order valence-corrected chi connectivity index (χ0v) is 12.6. The fourth-order valence-electron chi connectivity index (χ4n) is 2.00. The number of hydrogen-bond acceptors (Lipinski definition) is 3. The monoisotopic (exact) mass is 289 g/mol. The van der Waals surface area contributed by atoms with Crippen LogP contribution in [0.15, 0.2) is 24.3 Å². The third-order valence-electron chi connectivity index (χ3n) is 3.91. The Morgan fingerprint density at radius 3 is 2.48 bits per heavy atom. The van der Waals surface area contributed by atoms with Gasteiger partial charge in [-0.05, 0) is 37.0 Å². The highest BCUT2D eigenvalue weighted by atomic mass is 16.2. The molecule has 0 spiro atoms. The summed E-state index contributed by atoms with van der Waals surface area (Å²) < 4.78 is 0. The van der Waals surface area contributed by atoms with E-state index >= 15 is 0 Å². The molecule has 1 aromatic carbocycles. The van der Waals surface area contributed by atoms with Gasteiger partial charge in [0.2, 0.25) is 11.8 Å². The standard InChI is InChI=1S/C16H23N3O2/c1-3-10(2)14(17)16(21)19-13-6-4-5-12(9-13)18-15(20)11-7-8-11/h4-6,9-11,14H,3,7-8,17H2,1-2H3,(H,18,20)(H,19,21)/t10-,14-/m0/s1. The second-order valence-electron chi connectivity index (χ2n) is 5.74. The van der Waals surface area contributed by atoms with Gasteiger partial charge in [0.1, 0.15) is 0 Å². The minimum Gasteiger partial charge on any atom is -0.326 e. The van der Waals surface area contributed by atoms with Crippen LogP contribution in [0.2, 0.25) is 0 Å². The Labute approximate surface area is 125 Å². The highest BCUT2D eigenvalue weighted by Crippen LogP contribution is 2.30. The van der Waals surface area contributed by atoms with Crippen molar-refractivity contribution in [2.75, 3.05) is 10.6 Å². The van der Waals surface area contributed by atoms with E-state index in [4.69, 9.17) is 5.73 Å². The van der Waals surface area contributed by atoms with Crippen molar-refractivity contribution >= 4 is 23.2 Å². The lowest BCUT2D eigenvalue weighted by Crippen LogP contribution is -2.40. The Bertz CT molecular complexity index is 526. The van der Waals surface area contributed by atoms with Crippen molar-refractivity contribution in [1.82, 2.24) is 0 Å². The van der Waals surface area contributed by atoms with Gasteiger partial charge in [-0.3, -0.25) is 9.59 Å². The zero-order chi connectivity index (χ0) is 15.4. The molecule has 0 aromatic heterocycles. The maximum Gasteiger partial charge on any atom is 0.241 e. The number of nitrogens with two attached hydrogens (primary N) is 1. The topological polar surface area (TPSA) is 84.2 Å². The number of anilines is 2. The molecule has 114 valence electrons. The molecule has 0 heterocycles. The molecule has 0 aliphatic heterocycles. The lowest BCUT2D eigenvalue weighted by atomic mass is 9.99. The first-order valence-electron chi connectivity index (χ1n) is 7.48. The van der Waals surface area contributed by atoms with Gasteiger partial charge in [-0.1, -0.05) is 26.3 Å². The van der Waals surface area contributed by atoms with Crippen molar-refractivity contribution in [2.45, 2.75) is 39.2 Å². The molecular formula is C16H23N3O2. The molecule has 0 saturated heterocycles. The van der Waals surface area contributed by atoms with Crippen LogP contribution in [0.1, 0.15) is 33.1 Å². The molecule has 4 N–H and O–H groups in total. The predicted octanol–water partition coefficient (Wildman–Crippen LogP) is 2.35. The van der Waals surface area contributed by atoms with Crippen LogP contribution < -0.4 is 16.4 Å². The van der Waals surface area contributed by atoms with Crippen LogP contribution in [0, 0.1) is 11.8 Å². The summed E-state index contributed by atoms with van der Waals surface area (Å²) in [6.07, 6.45) is 2.78. The van der Waals surface area contributed by atoms with Crippen molar-refractivity contribution < 1.29 is 9.59 Å². The second-order valence-corrected chi connectivity index (χ2v) is 5.74. The SMILES string of the molecule is CC[C@H](C)[C@H](N)C(=O)Nc1cccc(NC(=O)C2CC2)c1. The summed E-state index contributed by atoms with van der Waals surface area (Å²) in [5.41, 5.74) is 7.25. The van der Waals surface area contributed by atoms with Crippen LogP contribution >= 0.6 is 0 Å². The summed E-state index contributed by atoms with van der Waals surface area (Å²) in [7, 11) is 0. The van der Waals surface area contributed by atoms with E-state index in [0.717, 1.165) is 19.3 Å². The smallest absolute Gasteiger partial charge is 0.241 e. The van der Waals surface area contributed by atoms with Crippen molar-refractivity contribution in [2.24, 2.45) is 17.6 Å². The van der Waals surface area contributed by atoms with Crippen LogP contribution in [0.25, 0.3) is 0 Å². The number of carbonyl (C=O) groups is 2. The molecular weight excluding hydrogens is 266 g/mol. The molecule has 0 radical (unpaired) electrons. The van der Waals surface area contributed by atoms with E-state index in [1.54, 1.807) is 18.2 Å². The number of rotatable bonds is 6. The molecule has 5 nitrogen and oxygen atoms in total. The van der Waals surface area contributed by atoms with Gasteiger partial charge in [-0.2, -0.15) is 0 Å². The van der Waals surface area contributed by atoms with E-state index in [1.165, 1.54) is 0 Å². The summed E-state index contributed by atoms with van der Waals surface area (Å²) in [6.45, 7) is 3.96. The van der Waals surface area contributed by atoms with Gasteiger partial charge in [0.05, 0.1) is 6.04 Å². The molecule has 0 bridgehead atoms. The number of hydrogen-bond donors (Lipinski definition) is 3. The van der Waals surface area contributed by atoms with Gasteiger partial charge >= 0.3 is 0 Å². The average Bonchev–Trinajstić information content (AvgIpc) is 3.30. The predicted molar refractivity (Wildman–Crippen MR) is 83.9 cm³/mol. The van der Waals surface area contributed by atoms with E-state index in [2.05, 4.69) is 10.6 Å². The quantitative estimate of drug-likeness (QED) is 0.751. The summed E-state index contributed by atoms with van der Waals surface area (Å²) >= 11 is 0. The normalized spacial score (nSPS) is 16.9. The van der Waals surface area contributed by atoms with Crippen LogP contribution in [0.3, 0.4) is 0 Å². The highest BCUT2D eigenvalue weighted by molar-refractivity contribution is 5.97. The molecule has 21 heavy (non-hydrogen) atoms. The second kappa shape index (κ2) is 6.72. The zero-order valence-electron chi connectivity index (χ0n) is 12.6. The first-order chi connectivity index (χ1) is 10.0. The Balaban J connectivity index is 1.96. The maximum absolute atomic E-state index is 12.0. The molecule has 2 rings (SSSR count).